The number of carbonyl (C=O) groups excluding carboxylic acids is 1. The Balaban J connectivity index is 1.65. The normalized spacial score (nSPS) is 10.2. The van der Waals surface area contributed by atoms with E-state index in [-0.39, 0.29) is 6.03 Å². The van der Waals surface area contributed by atoms with Crippen molar-refractivity contribution < 1.29 is 4.79 Å². The van der Waals surface area contributed by atoms with Crippen molar-refractivity contribution in [3.63, 3.8) is 0 Å². The predicted octanol–water partition coefficient (Wildman–Crippen LogP) is 4.16. The van der Waals surface area contributed by atoms with Crippen LogP contribution in [0.15, 0.2) is 54.2 Å². The van der Waals surface area contributed by atoms with E-state index in [9.17, 15) is 4.79 Å². The number of anilines is 2. The summed E-state index contributed by atoms with van der Waals surface area (Å²) in [7, 11) is 0. The zero-order valence-corrected chi connectivity index (χ0v) is 12.7. The van der Waals surface area contributed by atoms with E-state index >= 15 is 0 Å². The lowest BCUT2D eigenvalue weighted by Crippen LogP contribution is -2.19. The summed E-state index contributed by atoms with van der Waals surface area (Å²) in [5, 5.41) is 7.94. The Hall–Kier alpha value is -2.73. The van der Waals surface area contributed by atoms with Crippen molar-refractivity contribution in [2.45, 2.75) is 6.92 Å². The maximum absolute atomic E-state index is 11.9. The molecule has 0 spiro atoms. The molecular weight excluding hydrogens is 296 g/mol. The number of nitrogens with zero attached hydrogens (tertiary/aromatic N) is 2. The standard InChI is InChI=1S/C16H14N4OS/c1-11-4-6-13(7-5-11)18-15(21)20-16-19-14(10-22-16)12-3-2-8-17-9-12/h2-10H,1H3,(H2,18,19,20,21). The first-order valence-corrected chi connectivity index (χ1v) is 7.59. The van der Waals surface area contributed by atoms with E-state index in [1.165, 1.54) is 11.3 Å². The average molecular weight is 310 g/mol. The highest BCUT2D eigenvalue weighted by Crippen LogP contribution is 2.24. The fourth-order valence-electron chi connectivity index (χ4n) is 1.87. The van der Waals surface area contributed by atoms with Gasteiger partial charge in [-0.05, 0) is 31.2 Å². The van der Waals surface area contributed by atoms with Crippen molar-refractivity contribution in [3.8, 4) is 11.3 Å². The molecule has 0 atom stereocenters. The molecule has 2 N–H and O–H groups in total. The monoisotopic (exact) mass is 310 g/mol. The lowest BCUT2D eigenvalue weighted by Gasteiger charge is -2.05. The molecule has 0 aliphatic rings. The quantitative estimate of drug-likeness (QED) is 0.763. The summed E-state index contributed by atoms with van der Waals surface area (Å²) in [6.07, 6.45) is 3.45. The lowest BCUT2D eigenvalue weighted by atomic mass is 10.2. The van der Waals surface area contributed by atoms with E-state index in [1.807, 2.05) is 48.7 Å². The van der Waals surface area contributed by atoms with Gasteiger partial charge in [0.25, 0.3) is 0 Å². The molecule has 0 bridgehead atoms. The Morgan fingerprint density at radius 1 is 1.14 bits per heavy atom. The number of hydrogen-bond acceptors (Lipinski definition) is 4. The van der Waals surface area contributed by atoms with Crippen LogP contribution in [0.5, 0.6) is 0 Å². The summed E-state index contributed by atoms with van der Waals surface area (Å²) in [5.41, 5.74) is 3.61. The Morgan fingerprint density at radius 2 is 1.95 bits per heavy atom. The molecule has 110 valence electrons. The fraction of sp³-hybridized carbons (Fsp3) is 0.0625. The van der Waals surface area contributed by atoms with Crippen LogP contribution in [-0.2, 0) is 0 Å². The molecule has 6 heteroatoms. The molecule has 2 amide bonds. The number of carbonyl (C=O) groups is 1. The number of aromatic nitrogens is 2. The third-order valence-electron chi connectivity index (χ3n) is 2.99. The first-order chi connectivity index (χ1) is 10.7. The molecule has 0 aliphatic carbocycles. The Bertz CT molecular complexity index is 768. The van der Waals surface area contributed by atoms with E-state index < -0.39 is 0 Å². The fourth-order valence-corrected chi connectivity index (χ4v) is 2.59. The van der Waals surface area contributed by atoms with E-state index in [1.54, 1.807) is 12.4 Å². The molecule has 0 saturated heterocycles. The van der Waals surface area contributed by atoms with Gasteiger partial charge in [-0.1, -0.05) is 17.7 Å². The predicted molar refractivity (Wildman–Crippen MR) is 89.2 cm³/mol. The van der Waals surface area contributed by atoms with Crippen LogP contribution in [0, 0.1) is 6.92 Å². The molecule has 2 aromatic heterocycles. The summed E-state index contributed by atoms with van der Waals surface area (Å²) < 4.78 is 0. The number of rotatable bonds is 3. The zero-order chi connectivity index (χ0) is 15.4. The molecule has 22 heavy (non-hydrogen) atoms. The molecule has 0 saturated carbocycles. The van der Waals surface area contributed by atoms with Crippen LogP contribution >= 0.6 is 11.3 Å². The maximum Gasteiger partial charge on any atom is 0.325 e. The molecule has 3 rings (SSSR count). The van der Waals surface area contributed by atoms with Crippen molar-refractivity contribution in [3.05, 3.63) is 59.7 Å². The third-order valence-corrected chi connectivity index (χ3v) is 3.75. The van der Waals surface area contributed by atoms with Crippen LogP contribution in [0.2, 0.25) is 0 Å². The number of aryl methyl sites for hydroxylation is 1. The van der Waals surface area contributed by atoms with Gasteiger partial charge in [-0.2, -0.15) is 0 Å². The molecule has 3 aromatic rings. The summed E-state index contributed by atoms with van der Waals surface area (Å²) in [5.74, 6) is 0. The Kier molecular flexibility index (Phi) is 4.11. The third kappa shape index (κ3) is 3.48. The minimum Gasteiger partial charge on any atom is -0.308 e. The van der Waals surface area contributed by atoms with Gasteiger partial charge in [0.05, 0.1) is 5.69 Å². The zero-order valence-electron chi connectivity index (χ0n) is 11.9. The van der Waals surface area contributed by atoms with Gasteiger partial charge in [-0.3, -0.25) is 10.3 Å². The smallest absolute Gasteiger partial charge is 0.308 e. The van der Waals surface area contributed by atoms with Gasteiger partial charge in [0, 0.05) is 29.0 Å². The van der Waals surface area contributed by atoms with Crippen molar-refractivity contribution in [2.24, 2.45) is 0 Å². The Labute approximate surface area is 132 Å². The molecule has 5 nitrogen and oxygen atoms in total. The van der Waals surface area contributed by atoms with Crippen LogP contribution in [0.25, 0.3) is 11.3 Å². The molecule has 0 unspecified atom stereocenters. The maximum atomic E-state index is 11.9. The van der Waals surface area contributed by atoms with Crippen LogP contribution < -0.4 is 10.6 Å². The van der Waals surface area contributed by atoms with E-state index in [4.69, 9.17) is 0 Å². The first-order valence-electron chi connectivity index (χ1n) is 6.71. The highest BCUT2D eigenvalue weighted by Gasteiger charge is 2.08. The van der Waals surface area contributed by atoms with Gasteiger partial charge in [0.2, 0.25) is 0 Å². The largest absolute Gasteiger partial charge is 0.325 e. The highest BCUT2D eigenvalue weighted by atomic mass is 32.1. The lowest BCUT2D eigenvalue weighted by molar-refractivity contribution is 0.262. The van der Waals surface area contributed by atoms with Gasteiger partial charge in [0.15, 0.2) is 5.13 Å². The molecule has 0 radical (unpaired) electrons. The Morgan fingerprint density at radius 3 is 2.68 bits per heavy atom. The second-order valence-corrected chi connectivity index (χ2v) is 5.58. The van der Waals surface area contributed by atoms with Gasteiger partial charge in [0.1, 0.15) is 0 Å². The first kappa shape index (κ1) is 14.2. The van der Waals surface area contributed by atoms with E-state index in [0.717, 1.165) is 22.5 Å². The average Bonchev–Trinajstić information content (AvgIpc) is 2.99. The van der Waals surface area contributed by atoms with Crippen molar-refractivity contribution in [1.29, 1.82) is 0 Å². The SMILES string of the molecule is Cc1ccc(NC(=O)Nc2nc(-c3cccnc3)cs2)cc1. The van der Waals surface area contributed by atoms with Crippen LogP contribution in [-0.4, -0.2) is 16.0 Å². The van der Waals surface area contributed by atoms with Crippen molar-refractivity contribution in [2.75, 3.05) is 10.6 Å². The minimum absolute atomic E-state index is 0.309. The molecule has 1 aromatic carbocycles. The van der Waals surface area contributed by atoms with Crippen molar-refractivity contribution in [1.82, 2.24) is 9.97 Å². The molecule has 0 aliphatic heterocycles. The second kappa shape index (κ2) is 6.36. The number of hydrogen-bond donors (Lipinski definition) is 2. The van der Waals surface area contributed by atoms with Crippen LogP contribution in [0.4, 0.5) is 15.6 Å². The number of benzene rings is 1. The van der Waals surface area contributed by atoms with Crippen LogP contribution in [0.1, 0.15) is 5.56 Å². The number of pyridine rings is 1. The number of amides is 2. The van der Waals surface area contributed by atoms with E-state index in [0.29, 0.717) is 5.13 Å². The number of thiazole rings is 1. The molecular formula is C16H14N4OS. The second-order valence-electron chi connectivity index (χ2n) is 4.72. The minimum atomic E-state index is -0.309. The van der Waals surface area contributed by atoms with Crippen LogP contribution in [0.3, 0.4) is 0 Å². The van der Waals surface area contributed by atoms with Gasteiger partial charge < -0.3 is 5.32 Å². The summed E-state index contributed by atoms with van der Waals surface area (Å²) in [6, 6.07) is 11.1. The number of nitrogens with one attached hydrogen (secondary N) is 2. The summed E-state index contributed by atoms with van der Waals surface area (Å²) >= 11 is 1.37. The highest BCUT2D eigenvalue weighted by molar-refractivity contribution is 7.14. The van der Waals surface area contributed by atoms with Gasteiger partial charge in [-0.25, -0.2) is 9.78 Å². The van der Waals surface area contributed by atoms with Gasteiger partial charge in [-0.15, -0.1) is 11.3 Å². The molecule has 0 fully saturated rings. The van der Waals surface area contributed by atoms with Crippen molar-refractivity contribution >= 4 is 28.2 Å². The van der Waals surface area contributed by atoms with E-state index in [2.05, 4.69) is 20.6 Å². The summed E-state index contributed by atoms with van der Waals surface area (Å²) in [6.45, 7) is 2.00. The number of urea groups is 1. The molecule has 2 heterocycles. The van der Waals surface area contributed by atoms with Gasteiger partial charge >= 0.3 is 6.03 Å². The summed E-state index contributed by atoms with van der Waals surface area (Å²) in [4.78, 5) is 20.4. The topological polar surface area (TPSA) is 66.9 Å².